The Balaban J connectivity index is 2.64. The van der Waals surface area contributed by atoms with Crippen LogP contribution in [0.4, 0.5) is 0 Å². The number of ether oxygens (including phenoxy) is 1. The van der Waals surface area contributed by atoms with E-state index in [1.807, 2.05) is 0 Å². The highest BCUT2D eigenvalue weighted by molar-refractivity contribution is 5.70. The van der Waals surface area contributed by atoms with Gasteiger partial charge in [0.2, 0.25) is 0 Å². The van der Waals surface area contributed by atoms with E-state index in [0.717, 1.165) is 0 Å². The van der Waals surface area contributed by atoms with Crippen LogP contribution in [-0.4, -0.2) is 45.7 Å². The van der Waals surface area contributed by atoms with Crippen molar-refractivity contribution in [3.8, 4) is 0 Å². The second-order valence-electron chi connectivity index (χ2n) is 4.51. The van der Waals surface area contributed by atoms with Crippen molar-refractivity contribution < 1.29 is 24.9 Å². The fourth-order valence-corrected chi connectivity index (χ4v) is 1.84. The molecule has 1 aliphatic rings. The molecule has 0 aromatic rings. The average molecular weight is 244 g/mol. The Morgan fingerprint density at radius 3 is 2.65 bits per heavy atom. The number of rotatable bonds is 0. The van der Waals surface area contributed by atoms with Gasteiger partial charge in [-0.05, 0) is 19.8 Å². The first kappa shape index (κ1) is 14.2. The summed E-state index contributed by atoms with van der Waals surface area (Å²) in [7, 11) is 0. The van der Waals surface area contributed by atoms with Crippen molar-refractivity contribution in [2.75, 3.05) is 0 Å². The van der Waals surface area contributed by atoms with Crippen LogP contribution in [0.25, 0.3) is 0 Å². The molecule has 0 fully saturated rings. The van der Waals surface area contributed by atoms with Gasteiger partial charge in [0.15, 0.2) is 0 Å². The number of esters is 1. The maximum Gasteiger partial charge on any atom is 0.309 e. The van der Waals surface area contributed by atoms with Crippen LogP contribution in [0, 0.1) is 0 Å². The molecule has 0 bridgehead atoms. The van der Waals surface area contributed by atoms with Gasteiger partial charge in [-0.25, -0.2) is 0 Å². The summed E-state index contributed by atoms with van der Waals surface area (Å²) in [4.78, 5) is 11.3. The third kappa shape index (κ3) is 5.81. The average Bonchev–Trinajstić information content (AvgIpc) is 2.14. The predicted octanol–water partition coefficient (Wildman–Crippen LogP) is 0.131. The van der Waals surface area contributed by atoms with Crippen molar-refractivity contribution in [1.82, 2.24) is 0 Å². The summed E-state index contributed by atoms with van der Waals surface area (Å²) >= 11 is 0. The van der Waals surface area contributed by atoms with E-state index < -0.39 is 30.4 Å². The van der Waals surface area contributed by atoms with Gasteiger partial charge in [-0.15, -0.1) is 0 Å². The highest BCUT2D eigenvalue weighted by atomic mass is 16.5. The number of aliphatic hydroxyl groups excluding tert-OH is 3. The topological polar surface area (TPSA) is 87.0 Å². The Morgan fingerprint density at radius 2 is 1.94 bits per heavy atom. The minimum absolute atomic E-state index is 0.104. The van der Waals surface area contributed by atoms with Crippen molar-refractivity contribution >= 4 is 5.97 Å². The van der Waals surface area contributed by atoms with Crippen molar-refractivity contribution in [3.63, 3.8) is 0 Å². The predicted molar refractivity (Wildman–Crippen MR) is 61.2 cm³/mol. The normalized spacial score (nSPS) is 36.8. The summed E-state index contributed by atoms with van der Waals surface area (Å²) in [5.74, 6) is -0.483. The molecule has 0 aliphatic carbocycles. The molecule has 0 aromatic heterocycles. The molecule has 0 amide bonds. The Kier molecular flexibility index (Phi) is 5.61. The lowest BCUT2D eigenvalue weighted by Gasteiger charge is -2.20. The Hall–Kier alpha value is -0.910. The van der Waals surface area contributed by atoms with Gasteiger partial charge < -0.3 is 20.1 Å². The molecule has 1 aliphatic heterocycles. The van der Waals surface area contributed by atoms with Crippen LogP contribution >= 0.6 is 0 Å². The molecule has 0 aromatic carbocycles. The summed E-state index contributed by atoms with van der Waals surface area (Å²) in [5.41, 5.74) is 0. The first-order valence-electron chi connectivity index (χ1n) is 5.87. The van der Waals surface area contributed by atoms with E-state index in [-0.39, 0.29) is 12.8 Å². The summed E-state index contributed by atoms with van der Waals surface area (Å²) in [6, 6.07) is 0. The molecule has 3 N–H and O–H groups in total. The number of cyclic esters (lactones) is 1. The number of carbonyl (C=O) groups is 1. The van der Waals surface area contributed by atoms with Gasteiger partial charge in [0.1, 0.15) is 6.10 Å². The molecule has 5 nitrogen and oxygen atoms in total. The summed E-state index contributed by atoms with van der Waals surface area (Å²) < 4.78 is 5.02. The van der Waals surface area contributed by atoms with Crippen LogP contribution in [0.15, 0.2) is 12.2 Å². The first-order valence-corrected chi connectivity index (χ1v) is 5.87. The van der Waals surface area contributed by atoms with Crippen molar-refractivity contribution in [1.29, 1.82) is 0 Å². The van der Waals surface area contributed by atoms with Gasteiger partial charge in [0, 0.05) is 6.42 Å². The van der Waals surface area contributed by atoms with Gasteiger partial charge in [0.25, 0.3) is 0 Å². The van der Waals surface area contributed by atoms with Gasteiger partial charge >= 0.3 is 5.97 Å². The maximum atomic E-state index is 11.3. The van der Waals surface area contributed by atoms with E-state index in [4.69, 9.17) is 4.74 Å². The van der Waals surface area contributed by atoms with Crippen LogP contribution in [0.2, 0.25) is 0 Å². The SMILES string of the molecule is C[C@@H]1C[C@@H](O)C[C@@H](O)CC=C[C@@H](O)CC(=O)O1. The summed E-state index contributed by atoms with van der Waals surface area (Å²) in [5, 5.41) is 28.7. The quantitative estimate of drug-likeness (QED) is 0.416. The molecule has 0 saturated heterocycles. The van der Waals surface area contributed by atoms with Crippen LogP contribution < -0.4 is 0 Å². The van der Waals surface area contributed by atoms with Crippen molar-refractivity contribution in [2.24, 2.45) is 0 Å². The van der Waals surface area contributed by atoms with E-state index in [2.05, 4.69) is 0 Å². The number of hydrogen-bond donors (Lipinski definition) is 3. The van der Waals surface area contributed by atoms with Crippen molar-refractivity contribution in [3.05, 3.63) is 12.2 Å². The largest absolute Gasteiger partial charge is 0.462 e. The number of aliphatic hydroxyl groups is 3. The fraction of sp³-hybridized carbons (Fsp3) is 0.750. The van der Waals surface area contributed by atoms with Gasteiger partial charge in [-0.2, -0.15) is 0 Å². The van der Waals surface area contributed by atoms with E-state index in [0.29, 0.717) is 12.8 Å². The second-order valence-corrected chi connectivity index (χ2v) is 4.51. The molecule has 98 valence electrons. The van der Waals surface area contributed by atoms with Crippen LogP contribution in [-0.2, 0) is 9.53 Å². The first-order chi connectivity index (χ1) is 7.97. The zero-order valence-corrected chi connectivity index (χ0v) is 9.95. The Labute approximate surface area is 101 Å². The van der Waals surface area contributed by atoms with Crippen LogP contribution in [0.1, 0.15) is 32.6 Å². The third-order valence-corrected chi connectivity index (χ3v) is 2.62. The molecule has 17 heavy (non-hydrogen) atoms. The van der Waals surface area contributed by atoms with E-state index in [1.54, 1.807) is 13.0 Å². The minimum atomic E-state index is -0.883. The third-order valence-electron chi connectivity index (χ3n) is 2.62. The van der Waals surface area contributed by atoms with E-state index >= 15 is 0 Å². The lowest BCUT2D eigenvalue weighted by molar-refractivity contribution is -0.151. The molecule has 1 rings (SSSR count). The molecule has 0 saturated carbocycles. The molecule has 0 radical (unpaired) electrons. The Morgan fingerprint density at radius 1 is 1.24 bits per heavy atom. The second kappa shape index (κ2) is 6.74. The van der Waals surface area contributed by atoms with Crippen molar-refractivity contribution in [2.45, 2.75) is 57.0 Å². The highest BCUT2D eigenvalue weighted by Crippen LogP contribution is 2.13. The standard InChI is InChI=1S/C12H20O5/c1-8-5-11(15)6-9(13)3-2-4-10(14)7-12(16)17-8/h2,4,8-11,13-15H,3,5-7H2,1H3/t8-,9+,10-,11-/m1/s1. The lowest BCUT2D eigenvalue weighted by Crippen LogP contribution is -2.26. The maximum absolute atomic E-state index is 11.3. The van der Waals surface area contributed by atoms with Gasteiger partial charge in [0.05, 0.1) is 24.7 Å². The molecule has 5 heteroatoms. The molecular formula is C12H20O5. The molecule has 4 atom stereocenters. The molecule has 0 unspecified atom stereocenters. The van der Waals surface area contributed by atoms with Gasteiger partial charge in [-0.1, -0.05) is 12.2 Å². The smallest absolute Gasteiger partial charge is 0.309 e. The molecule has 1 heterocycles. The monoisotopic (exact) mass is 244 g/mol. The summed E-state index contributed by atoms with van der Waals surface area (Å²) in [6.45, 7) is 1.68. The van der Waals surface area contributed by atoms with Crippen LogP contribution in [0.3, 0.4) is 0 Å². The zero-order chi connectivity index (χ0) is 12.8. The molecular weight excluding hydrogens is 224 g/mol. The molecule has 0 spiro atoms. The minimum Gasteiger partial charge on any atom is -0.462 e. The Bertz CT molecular complexity index is 276. The van der Waals surface area contributed by atoms with E-state index in [1.165, 1.54) is 6.08 Å². The van der Waals surface area contributed by atoms with Crippen LogP contribution in [0.5, 0.6) is 0 Å². The number of carbonyl (C=O) groups excluding carboxylic acids is 1. The summed E-state index contributed by atoms with van der Waals surface area (Å²) in [6.07, 6.45) is 1.23. The van der Waals surface area contributed by atoms with Gasteiger partial charge in [-0.3, -0.25) is 4.79 Å². The lowest BCUT2D eigenvalue weighted by atomic mass is 10.0. The fourth-order valence-electron chi connectivity index (χ4n) is 1.84. The zero-order valence-electron chi connectivity index (χ0n) is 9.95. The number of hydrogen-bond acceptors (Lipinski definition) is 5. The van der Waals surface area contributed by atoms with E-state index in [9.17, 15) is 20.1 Å². The highest BCUT2D eigenvalue weighted by Gasteiger charge is 2.19.